The zero-order valence-electron chi connectivity index (χ0n) is 20.1. The van der Waals surface area contributed by atoms with Gasteiger partial charge in [-0.2, -0.15) is 9.78 Å². The Labute approximate surface area is 211 Å². The van der Waals surface area contributed by atoms with Crippen LogP contribution in [0, 0.1) is 0 Å². The highest BCUT2D eigenvalue weighted by Gasteiger charge is 2.24. The molecule has 0 unspecified atom stereocenters. The number of carbonyl (C=O) groups is 2. The molecule has 9 nitrogen and oxygen atoms in total. The van der Waals surface area contributed by atoms with E-state index >= 15 is 0 Å². The number of anilines is 1. The second-order valence-electron chi connectivity index (χ2n) is 7.45. The first-order valence-electron chi connectivity index (χ1n) is 11.5. The molecule has 0 radical (unpaired) electrons. The predicted octanol–water partition coefficient (Wildman–Crippen LogP) is 4.67. The zero-order valence-corrected chi connectivity index (χ0v) is 20.9. The Morgan fingerprint density at radius 2 is 1.69 bits per heavy atom. The molecule has 0 saturated heterocycles. The number of carbonyl (C=O) groups excluding carboxylic acids is 2. The number of rotatable bonds is 9. The molecule has 0 saturated carbocycles. The van der Waals surface area contributed by atoms with Gasteiger partial charge >= 0.3 is 5.97 Å². The largest absolute Gasteiger partial charge is 0.494 e. The van der Waals surface area contributed by atoms with Gasteiger partial charge in [0.1, 0.15) is 16.5 Å². The van der Waals surface area contributed by atoms with E-state index in [9.17, 15) is 14.4 Å². The summed E-state index contributed by atoms with van der Waals surface area (Å²) in [5.74, 6) is -0.0413. The molecular weight excluding hydrogens is 482 g/mol. The van der Waals surface area contributed by atoms with Crippen molar-refractivity contribution >= 4 is 39.0 Å². The number of thiophene rings is 1. The Balaban J connectivity index is 1.83. The first-order chi connectivity index (χ1) is 17.5. The minimum Gasteiger partial charge on any atom is -0.494 e. The van der Waals surface area contributed by atoms with Gasteiger partial charge < -0.3 is 19.5 Å². The van der Waals surface area contributed by atoms with Gasteiger partial charge in [0.2, 0.25) is 0 Å². The Bertz CT molecular complexity index is 1460. The molecule has 2 aromatic heterocycles. The average Bonchev–Trinajstić information content (AvgIpc) is 3.30. The van der Waals surface area contributed by atoms with Crippen molar-refractivity contribution < 1.29 is 23.8 Å². The number of hydrogen-bond acceptors (Lipinski definition) is 8. The standard InChI is InChI=1S/C26H25N3O6S/c1-4-33-17-13-11-16(12-14-17)29-25(31)21-19(22(28-29)26(32)35-6-3)15-36-24(21)27-23(30)18-9-7-8-10-20(18)34-5-2/h7-15H,4-6H2,1-3H3,(H,27,30). The molecule has 0 spiro atoms. The summed E-state index contributed by atoms with van der Waals surface area (Å²) in [6, 6.07) is 13.6. The number of amides is 1. The summed E-state index contributed by atoms with van der Waals surface area (Å²) in [5.41, 5.74) is 0.247. The zero-order chi connectivity index (χ0) is 25.7. The molecule has 1 amide bonds. The van der Waals surface area contributed by atoms with Crippen molar-refractivity contribution in [2.45, 2.75) is 20.8 Å². The lowest BCUT2D eigenvalue weighted by molar-refractivity contribution is 0.0520. The monoisotopic (exact) mass is 507 g/mol. The highest BCUT2D eigenvalue weighted by atomic mass is 32.1. The highest BCUT2D eigenvalue weighted by Crippen LogP contribution is 2.32. The average molecular weight is 508 g/mol. The van der Waals surface area contributed by atoms with Crippen LogP contribution in [0.3, 0.4) is 0 Å². The Hall–Kier alpha value is -4.18. The summed E-state index contributed by atoms with van der Waals surface area (Å²) in [4.78, 5) is 39.5. The van der Waals surface area contributed by atoms with Gasteiger partial charge in [0.05, 0.1) is 36.5 Å². The van der Waals surface area contributed by atoms with Crippen molar-refractivity contribution in [1.82, 2.24) is 9.78 Å². The third-order valence-electron chi connectivity index (χ3n) is 5.17. The van der Waals surface area contributed by atoms with Crippen LogP contribution in [0.4, 0.5) is 5.00 Å². The van der Waals surface area contributed by atoms with Gasteiger partial charge in [-0.05, 0) is 57.2 Å². The molecule has 4 rings (SSSR count). The maximum Gasteiger partial charge on any atom is 0.359 e. The second-order valence-corrected chi connectivity index (χ2v) is 8.33. The number of aromatic nitrogens is 2. The molecule has 0 aliphatic heterocycles. The van der Waals surface area contributed by atoms with E-state index in [4.69, 9.17) is 14.2 Å². The van der Waals surface area contributed by atoms with E-state index < -0.39 is 17.4 Å². The van der Waals surface area contributed by atoms with Crippen LogP contribution in [0.1, 0.15) is 41.6 Å². The fraction of sp³-hybridized carbons (Fsp3) is 0.231. The van der Waals surface area contributed by atoms with Crippen molar-refractivity contribution in [3.63, 3.8) is 0 Å². The van der Waals surface area contributed by atoms with Gasteiger partial charge in [0.15, 0.2) is 5.69 Å². The van der Waals surface area contributed by atoms with Crippen LogP contribution >= 0.6 is 11.3 Å². The van der Waals surface area contributed by atoms with Gasteiger partial charge in [-0.15, -0.1) is 11.3 Å². The molecule has 186 valence electrons. The van der Waals surface area contributed by atoms with Crippen LogP contribution in [0.15, 0.2) is 58.7 Å². The molecule has 10 heteroatoms. The van der Waals surface area contributed by atoms with Crippen molar-refractivity contribution in [2.75, 3.05) is 25.1 Å². The molecule has 0 bridgehead atoms. The molecule has 2 heterocycles. The van der Waals surface area contributed by atoms with Crippen LogP contribution in [0.5, 0.6) is 11.5 Å². The fourth-order valence-corrected chi connectivity index (χ4v) is 4.56. The normalized spacial score (nSPS) is 10.8. The molecule has 0 atom stereocenters. The number of para-hydroxylation sites is 1. The number of esters is 1. The first kappa shape index (κ1) is 24.9. The molecule has 36 heavy (non-hydrogen) atoms. The molecule has 0 fully saturated rings. The Kier molecular flexibility index (Phi) is 7.65. The number of fused-ring (bicyclic) bond motifs is 1. The number of benzene rings is 2. The topological polar surface area (TPSA) is 109 Å². The van der Waals surface area contributed by atoms with Crippen LogP contribution < -0.4 is 20.3 Å². The quantitative estimate of drug-likeness (QED) is 0.328. The second kappa shape index (κ2) is 11.0. The van der Waals surface area contributed by atoms with Crippen molar-refractivity contribution in [2.24, 2.45) is 0 Å². The van der Waals surface area contributed by atoms with E-state index in [2.05, 4.69) is 10.4 Å². The Morgan fingerprint density at radius 3 is 2.39 bits per heavy atom. The summed E-state index contributed by atoms with van der Waals surface area (Å²) in [5, 5.41) is 9.50. The van der Waals surface area contributed by atoms with E-state index in [0.29, 0.717) is 46.4 Å². The highest BCUT2D eigenvalue weighted by molar-refractivity contribution is 7.16. The summed E-state index contributed by atoms with van der Waals surface area (Å²) < 4.78 is 17.3. The number of nitrogens with one attached hydrogen (secondary N) is 1. The fourth-order valence-electron chi connectivity index (χ4n) is 3.62. The number of ether oxygens (including phenoxy) is 3. The van der Waals surface area contributed by atoms with E-state index in [-0.39, 0.29) is 17.7 Å². The van der Waals surface area contributed by atoms with Crippen LogP contribution in [-0.2, 0) is 4.74 Å². The first-order valence-corrected chi connectivity index (χ1v) is 12.3. The van der Waals surface area contributed by atoms with Crippen LogP contribution in [0.2, 0.25) is 0 Å². The Morgan fingerprint density at radius 1 is 0.972 bits per heavy atom. The van der Waals surface area contributed by atoms with Crippen molar-refractivity contribution in [1.29, 1.82) is 0 Å². The summed E-state index contributed by atoms with van der Waals surface area (Å²) in [7, 11) is 0. The summed E-state index contributed by atoms with van der Waals surface area (Å²) >= 11 is 1.13. The van der Waals surface area contributed by atoms with Gasteiger partial charge in [0, 0.05) is 10.8 Å². The summed E-state index contributed by atoms with van der Waals surface area (Å²) in [6.45, 7) is 6.43. The van der Waals surface area contributed by atoms with Gasteiger partial charge in [-0.25, -0.2) is 4.79 Å². The van der Waals surface area contributed by atoms with Crippen LogP contribution in [-0.4, -0.2) is 41.5 Å². The van der Waals surface area contributed by atoms with Gasteiger partial charge in [-0.3, -0.25) is 9.59 Å². The summed E-state index contributed by atoms with van der Waals surface area (Å²) in [6.07, 6.45) is 0. The molecule has 0 aliphatic rings. The maximum atomic E-state index is 13.6. The third kappa shape index (κ3) is 4.94. The smallest absolute Gasteiger partial charge is 0.359 e. The lowest BCUT2D eigenvalue weighted by atomic mass is 10.2. The lowest BCUT2D eigenvalue weighted by Crippen LogP contribution is -2.25. The minimum atomic E-state index is -0.667. The van der Waals surface area contributed by atoms with E-state index in [1.165, 1.54) is 0 Å². The maximum absolute atomic E-state index is 13.6. The molecule has 2 aromatic carbocycles. The molecule has 0 aliphatic carbocycles. The SMILES string of the molecule is CCOC(=O)c1nn(-c2ccc(OCC)cc2)c(=O)c2c(NC(=O)c3ccccc3OCC)scc12. The number of hydrogen-bond donors (Lipinski definition) is 1. The van der Waals surface area contributed by atoms with E-state index in [1.807, 2.05) is 13.8 Å². The van der Waals surface area contributed by atoms with Gasteiger partial charge in [0.25, 0.3) is 11.5 Å². The molecular formula is C26H25N3O6S. The van der Waals surface area contributed by atoms with Crippen molar-refractivity contribution in [3.8, 4) is 17.2 Å². The van der Waals surface area contributed by atoms with E-state index in [0.717, 1.165) is 16.0 Å². The van der Waals surface area contributed by atoms with Gasteiger partial charge in [-0.1, -0.05) is 12.1 Å². The van der Waals surface area contributed by atoms with Crippen LogP contribution in [0.25, 0.3) is 16.5 Å². The third-order valence-corrected chi connectivity index (χ3v) is 6.07. The minimum absolute atomic E-state index is 0.0215. The molecule has 1 N–H and O–H groups in total. The number of nitrogens with zero attached hydrogens (tertiary/aromatic N) is 2. The van der Waals surface area contributed by atoms with Crippen molar-refractivity contribution in [3.05, 3.63) is 75.5 Å². The lowest BCUT2D eigenvalue weighted by Gasteiger charge is -2.11. The van der Waals surface area contributed by atoms with E-state index in [1.54, 1.807) is 60.8 Å². The molecule has 4 aromatic rings. The predicted molar refractivity (Wildman–Crippen MR) is 138 cm³/mol.